The molecule has 0 saturated carbocycles. The fourth-order valence-corrected chi connectivity index (χ4v) is 2.54. The summed E-state index contributed by atoms with van der Waals surface area (Å²) in [7, 11) is 0. The fraction of sp³-hybridized carbons (Fsp3) is 0. The van der Waals surface area contributed by atoms with E-state index >= 15 is 0 Å². The van der Waals surface area contributed by atoms with Crippen LogP contribution in [0.1, 0.15) is 16.7 Å². The van der Waals surface area contributed by atoms with Crippen LogP contribution in [-0.4, -0.2) is 76.4 Å². The molecule has 0 heterocycles. The molecule has 0 spiro atoms. The van der Waals surface area contributed by atoms with E-state index in [9.17, 15) is 0 Å². The van der Waals surface area contributed by atoms with Gasteiger partial charge in [0.2, 0.25) is 0 Å². The van der Waals surface area contributed by atoms with Crippen molar-refractivity contribution < 1.29 is 102 Å². The monoisotopic (exact) mass is 700 g/mol. The van der Waals surface area contributed by atoms with Crippen LogP contribution in [0.25, 0.3) is 0 Å². The van der Waals surface area contributed by atoms with Gasteiger partial charge in [0.15, 0.2) is 66.9 Å². The molecule has 3 aromatic rings. The van der Waals surface area contributed by atoms with Gasteiger partial charge in [0.25, 0.3) is 0 Å². The van der Waals surface area contributed by atoms with Gasteiger partial charge in [-0.2, -0.15) is 0 Å². The van der Waals surface area contributed by atoms with Gasteiger partial charge < -0.3 is 61.3 Å². The van der Waals surface area contributed by atoms with Crippen molar-refractivity contribution in [3.63, 3.8) is 0 Å². The second-order valence-electron chi connectivity index (χ2n) is 6.50. The summed E-state index contributed by atoms with van der Waals surface area (Å²) in [4.78, 5) is 0. The van der Waals surface area contributed by atoms with E-state index in [4.69, 9.17) is 61.3 Å². The second kappa shape index (κ2) is 14.6. The molecule has 196 valence electrons. The first-order valence-corrected chi connectivity index (χ1v) is 10.2. The van der Waals surface area contributed by atoms with Crippen molar-refractivity contribution in [2.24, 2.45) is 0 Å². The minimum absolute atomic E-state index is 0. The van der Waals surface area contributed by atoms with Gasteiger partial charge in [-0.25, -0.2) is 0 Å². The average molecular weight is 703 g/mol. The van der Waals surface area contributed by atoms with Crippen LogP contribution in [0.2, 0.25) is 0 Å². The van der Waals surface area contributed by atoms with Gasteiger partial charge in [0.1, 0.15) is 0 Å². The van der Waals surface area contributed by atoms with Crippen LogP contribution in [0.3, 0.4) is 0 Å². The predicted octanol–water partition coefficient (Wildman–Crippen LogP) is 3.11. The number of benzene rings is 3. The molecule has 12 N–H and O–H groups in total. The topological polar surface area (TPSA) is 243 Å². The van der Waals surface area contributed by atoms with Crippen LogP contribution in [-0.2, 0) is 0 Å². The zero-order valence-electron chi connectivity index (χ0n) is 18.1. The van der Waals surface area contributed by atoms with Gasteiger partial charge >= 0.3 is 0 Å². The van der Waals surface area contributed by atoms with Crippen LogP contribution in [0.4, 0.5) is 0 Å². The summed E-state index contributed by atoms with van der Waals surface area (Å²) in [6, 6.07) is 6.32. The minimum Gasteiger partial charge on any atom is -0.504 e. The number of hydrogen-bond donors (Lipinski definition) is 12. The summed E-state index contributed by atoms with van der Waals surface area (Å²) in [5.41, 5.74) is 0.244. The predicted molar refractivity (Wildman–Crippen MR) is 137 cm³/mol. The van der Waals surface area contributed by atoms with Crippen LogP contribution in [0.15, 0.2) is 36.4 Å². The normalized spacial score (nSPS) is 9.41. The number of thiocarbonyl (C=S) groups is 3. The molecule has 3 rings (SSSR count). The Morgan fingerprint density at radius 2 is 0.514 bits per heavy atom. The molecule has 0 saturated heterocycles. The molecule has 16 heteroatoms. The molecule has 12 nitrogen and oxygen atoms in total. The van der Waals surface area contributed by atoms with E-state index < -0.39 is 66.9 Å². The first-order chi connectivity index (χ1) is 16.6. The van der Waals surface area contributed by atoms with Crippen LogP contribution in [0, 0.1) is 40.8 Å². The smallest absolute Gasteiger partial charge is 0.200 e. The van der Waals surface area contributed by atoms with Crippen LogP contribution in [0.5, 0.6) is 51.7 Å². The third kappa shape index (κ3) is 9.69. The maximum atomic E-state index is 8.95. The maximum absolute atomic E-state index is 8.95. The summed E-state index contributed by atoms with van der Waals surface area (Å²) in [5.74, 6) is -5.05. The number of phenolic OH excluding ortho intramolecular Hbond substituents is 9. The van der Waals surface area contributed by atoms with Crippen molar-refractivity contribution in [1.82, 2.24) is 0 Å². The first-order valence-electron chi connectivity index (χ1n) is 9.01. The molecule has 0 unspecified atom stereocenters. The van der Waals surface area contributed by atoms with E-state index in [1.54, 1.807) is 0 Å². The summed E-state index contributed by atoms with van der Waals surface area (Å²) in [6.45, 7) is 0. The van der Waals surface area contributed by atoms with Gasteiger partial charge in [-0.1, -0.05) is 0 Å². The van der Waals surface area contributed by atoms with E-state index in [0.29, 0.717) is 0 Å². The largest absolute Gasteiger partial charge is 0.504 e. The third-order valence-electron chi connectivity index (χ3n) is 3.95. The Kier molecular flexibility index (Phi) is 13.3. The molecule has 37 heavy (non-hydrogen) atoms. The Labute approximate surface area is 256 Å². The summed E-state index contributed by atoms with van der Waals surface area (Å²) in [6.07, 6.45) is 0. The van der Waals surface area contributed by atoms with E-state index in [1.165, 1.54) is 0 Å². The molecule has 0 atom stereocenters. The van der Waals surface area contributed by atoms with Crippen molar-refractivity contribution in [1.29, 1.82) is 0 Å². The summed E-state index contributed by atoms with van der Waals surface area (Å²) in [5, 5.41) is 105. The zero-order valence-corrected chi connectivity index (χ0v) is 23.7. The quantitative estimate of drug-likeness (QED) is 0.139. The Morgan fingerprint density at radius 1 is 0.378 bits per heavy atom. The minimum atomic E-state index is -0.630. The molecule has 0 bridgehead atoms. The number of aromatic hydroxyl groups is 9. The molecule has 0 aliphatic carbocycles. The SMILES string of the molecule is OC(=S)c1cc(O)c(O)c(O)c1.OC(=S)c1cc(O)c(O)c(O)c1.OC(=S)c1cc(O)c(O)c(O)c1.[Nd]. The molecular weight excluding hydrogens is 685 g/mol. The number of aliphatic hydroxyl groups is 3. The number of hydrogen-bond acceptors (Lipinski definition) is 12. The van der Waals surface area contributed by atoms with Crippen molar-refractivity contribution in [3.05, 3.63) is 53.1 Å². The van der Waals surface area contributed by atoms with Crippen molar-refractivity contribution in [2.45, 2.75) is 0 Å². The number of phenols is 9. The third-order valence-corrected chi connectivity index (χ3v) is 4.66. The molecule has 3 aromatic carbocycles. The zero-order chi connectivity index (χ0) is 27.9. The van der Waals surface area contributed by atoms with Gasteiger partial charge in [0.05, 0.1) is 0 Å². The van der Waals surface area contributed by atoms with Crippen molar-refractivity contribution in [2.75, 3.05) is 0 Å². The summed E-state index contributed by atoms with van der Waals surface area (Å²) >= 11 is 13.1. The standard InChI is InChI=1S/3C7H6O4S.Nd/c3*8-4-1-3(7(11)12)2-5(9)6(4)10;/h3*1-2,8-10H,(H,11,12);. The van der Waals surface area contributed by atoms with Crippen LogP contribution < -0.4 is 0 Å². The van der Waals surface area contributed by atoms with Crippen molar-refractivity contribution >= 4 is 51.8 Å². The average Bonchev–Trinajstić information content (AvgIpc) is 2.79. The van der Waals surface area contributed by atoms with E-state index in [1.807, 2.05) is 0 Å². The van der Waals surface area contributed by atoms with Gasteiger partial charge in [-0.3, -0.25) is 0 Å². The second-order valence-corrected chi connectivity index (χ2v) is 7.66. The van der Waals surface area contributed by atoms with Crippen LogP contribution >= 0.6 is 36.7 Å². The van der Waals surface area contributed by atoms with Gasteiger partial charge in [0, 0.05) is 57.5 Å². The fourth-order valence-electron chi connectivity index (χ4n) is 2.18. The maximum Gasteiger partial charge on any atom is 0.200 e. The molecule has 0 aliphatic heterocycles. The van der Waals surface area contributed by atoms with Gasteiger partial charge in [-0.05, 0) is 73.1 Å². The summed E-state index contributed by atoms with van der Waals surface area (Å²) < 4.78 is 0. The number of aliphatic hydroxyl groups excluding tert-OH is 3. The number of rotatable bonds is 3. The molecule has 0 aromatic heterocycles. The Balaban J connectivity index is 0.000000518. The van der Waals surface area contributed by atoms with E-state index in [0.717, 1.165) is 36.4 Å². The first kappa shape index (κ1) is 33.9. The van der Waals surface area contributed by atoms with E-state index in [-0.39, 0.29) is 57.5 Å². The van der Waals surface area contributed by atoms with Crippen molar-refractivity contribution in [3.8, 4) is 51.7 Å². The molecule has 0 radical (unpaired) electrons. The molecular formula is C21H18NdO12S3. The van der Waals surface area contributed by atoms with E-state index in [2.05, 4.69) is 36.7 Å². The molecule has 0 fully saturated rings. The molecule has 0 aliphatic rings. The Hall–Kier alpha value is -3.12. The Morgan fingerprint density at radius 3 is 0.622 bits per heavy atom. The van der Waals surface area contributed by atoms with Gasteiger partial charge in [-0.15, -0.1) is 0 Å². The Bertz CT molecular complexity index is 1100. The molecule has 0 amide bonds.